The number of ether oxygens (including phenoxy) is 1. The van der Waals surface area contributed by atoms with Gasteiger partial charge in [-0.15, -0.1) is 0 Å². The van der Waals surface area contributed by atoms with Crippen LogP contribution in [-0.2, 0) is 17.8 Å². The lowest BCUT2D eigenvalue weighted by molar-refractivity contribution is -0.131. The van der Waals surface area contributed by atoms with Crippen LogP contribution in [0.3, 0.4) is 0 Å². The van der Waals surface area contributed by atoms with Crippen molar-refractivity contribution in [3.05, 3.63) is 10.6 Å². The lowest BCUT2D eigenvalue weighted by Crippen LogP contribution is -2.50. The standard InChI is InChI=1S/C19H29N3O2S/c1-3-18(23)22-9-7-15-17(12-22)25-19(20-15)24-16-8-10-21(11-13(16)2)14-5-4-6-14/h13-14,16H,3-12H2,1-2H3. The van der Waals surface area contributed by atoms with Gasteiger partial charge in [-0.1, -0.05) is 31.6 Å². The highest BCUT2D eigenvalue weighted by molar-refractivity contribution is 7.13. The molecule has 2 fully saturated rings. The second-order valence-electron chi connectivity index (χ2n) is 7.77. The molecule has 0 bridgehead atoms. The zero-order valence-corrected chi connectivity index (χ0v) is 16.2. The number of aromatic nitrogens is 1. The summed E-state index contributed by atoms with van der Waals surface area (Å²) in [6, 6.07) is 0.831. The SMILES string of the molecule is CCC(=O)N1CCc2nc(OC3CCN(C4CCC4)CC3C)sc2C1. The number of amides is 1. The molecule has 0 radical (unpaired) electrons. The molecule has 2 atom stereocenters. The topological polar surface area (TPSA) is 45.7 Å². The smallest absolute Gasteiger partial charge is 0.273 e. The number of thiazole rings is 1. The van der Waals surface area contributed by atoms with Crippen LogP contribution < -0.4 is 4.74 Å². The molecule has 1 amide bonds. The number of fused-ring (bicyclic) bond motifs is 1. The Labute approximate surface area is 154 Å². The van der Waals surface area contributed by atoms with Gasteiger partial charge in [0, 0.05) is 44.4 Å². The van der Waals surface area contributed by atoms with Crippen molar-refractivity contribution in [3.63, 3.8) is 0 Å². The summed E-state index contributed by atoms with van der Waals surface area (Å²) in [5.74, 6) is 0.784. The Kier molecular flexibility index (Phi) is 5.00. The number of hydrogen-bond acceptors (Lipinski definition) is 5. The molecule has 4 rings (SSSR count). The lowest BCUT2D eigenvalue weighted by Gasteiger charge is -2.44. The third-order valence-corrected chi connectivity index (χ3v) is 7.04. The first-order valence-corrected chi connectivity index (χ1v) is 10.6. The zero-order valence-electron chi connectivity index (χ0n) is 15.4. The molecule has 1 aliphatic carbocycles. The summed E-state index contributed by atoms with van der Waals surface area (Å²) in [4.78, 5) is 22.5. The summed E-state index contributed by atoms with van der Waals surface area (Å²) >= 11 is 1.64. The molecule has 138 valence electrons. The van der Waals surface area contributed by atoms with Crippen LogP contribution in [0.5, 0.6) is 5.19 Å². The first kappa shape index (κ1) is 17.3. The number of carbonyl (C=O) groups is 1. The third kappa shape index (κ3) is 3.56. The number of carbonyl (C=O) groups excluding carboxylic acids is 1. The summed E-state index contributed by atoms with van der Waals surface area (Å²) in [5, 5.41) is 0.810. The fraction of sp³-hybridized carbons (Fsp3) is 0.789. The van der Waals surface area contributed by atoms with E-state index in [-0.39, 0.29) is 12.0 Å². The molecule has 3 heterocycles. The van der Waals surface area contributed by atoms with Gasteiger partial charge in [0.15, 0.2) is 0 Å². The minimum absolute atomic E-state index is 0.235. The molecular weight excluding hydrogens is 334 g/mol. The minimum atomic E-state index is 0.235. The third-order valence-electron chi connectivity index (χ3n) is 6.07. The van der Waals surface area contributed by atoms with Gasteiger partial charge in [-0.3, -0.25) is 9.69 Å². The van der Waals surface area contributed by atoms with Crippen LogP contribution in [0.15, 0.2) is 0 Å². The van der Waals surface area contributed by atoms with Crippen molar-refractivity contribution < 1.29 is 9.53 Å². The van der Waals surface area contributed by atoms with Gasteiger partial charge in [0.1, 0.15) is 6.10 Å². The van der Waals surface area contributed by atoms with Crippen LogP contribution in [-0.4, -0.2) is 52.5 Å². The Morgan fingerprint density at radius 1 is 1.32 bits per heavy atom. The first-order valence-electron chi connectivity index (χ1n) is 9.81. The summed E-state index contributed by atoms with van der Waals surface area (Å²) in [7, 11) is 0. The molecule has 1 aromatic rings. The van der Waals surface area contributed by atoms with E-state index in [9.17, 15) is 4.79 Å². The second kappa shape index (κ2) is 7.23. The van der Waals surface area contributed by atoms with Gasteiger partial charge < -0.3 is 9.64 Å². The number of hydrogen-bond donors (Lipinski definition) is 0. The summed E-state index contributed by atoms with van der Waals surface area (Å²) in [5.41, 5.74) is 1.14. The van der Waals surface area contributed by atoms with Gasteiger partial charge in [0.05, 0.1) is 17.1 Å². The van der Waals surface area contributed by atoms with E-state index in [1.807, 2.05) is 11.8 Å². The molecule has 1 saturated heterocycles. The van der Waals surface area contributed by atoms with E-state index >= 15 is 0 Å². The Bertz CT molecular complexity index is 628. The molecular formula is C19H29N3O2S. The normalized spacial score (nSPS) is 27.7. The van der Waals surface area contributed by atoms with Crippen molar-refractivity contribution in [1.82, 2.24) is 14.8 Å². The monoisotopic (exact) mass is 363 g/mol. The highest BCUT2D eigenvalue weighted by Gasteiger charge is 2.34. The van der Waals surface area contributed by atoms with Crippen LogP contribution in [0.4, 0.5) is 0 Å². The minimum Gasteiger partial charge on any atom is -0.466 e. The maximum absolute atomic E-state index is 11.9. The van der Waals surface area contributed by atoms with E-state index < -0.39 is 0 Å². The highest BCUT2D eigenvalue weighted by atomic mass is 32.1. The van der Waals surface area contributed by atoms with E-state index in [1.165, 1.54) is 24.1 Å². The zero-order chi connectivity index (χ0) is 17.4. The fourth-order valence-corrected chi connectivity index (χ4v) is 5.23. The largest absolute Gasteiger partial charge is 0.466 e. The first-order chi connectivity index (χ1) is 12.1. The number of piperidine rings is 1. The van der Waals surface area contributed by atoms with E-state index in [0.29, 0.717) is 18.9 Å². The predicted octanol–water partition coefficient (Wildman–Crippen LogP) is 3.08. The highest BCUT2D eigenvalue weighted by Crippen LogP contribution is 2.34. The predicted molar refractivity (Wildman–Crippen MR) is 98.9 cm³/mol. The van der Waals surface area contributed by atoms with Crippen LogP contribution in [0.2, 0.25) is 0 Å². The molecule has 3 aliphatic rings. The summed E-state index contributed by atoms with van der Waals surface area (Å²) in [6.45, 7) is 8.04. The average molecular weight is 364 g/mol. The molecule has 0 N–H and O–H groups in total. The number of nitrogens with zero attached hydrogens (tertiary/aromatic N) is 3. The van der Waals surface area contributed by atoms with E-state index in [4.69, 9.17) is 9.72 Å². The summed E-state index contributed by atoms with van der Waals surface area (Å²) in [6.07, 6.45) is 6.97. The Morgan fingerprint density at radius 2 is 2.16 bits per heavy atom. The van der Waals surface area contributed by atoms with Crippen molar-refractivity contribution in [2.24, 2.45) is 5.92 Å². The van der Waals surface area contributed by atoms with E-state index in [2.05, 4.69) is 11.8 Å². The van der Waals surface area contributed by atoms with Gasteiger partial charge in [0.25, 0.3) is 5.19 Å². The maximum Gasteiger partial charge on any atom is 0.273 e. The maximum atomic E-state index is 11.9. The fourth-order valence-electron chi connectivity index (χ4n) is 4.20. The van der Waals surface area contributed by atoms with Crippen molar-refractivity contribution in [2.45, 2.75) is 71.1 Å². The van der Waals surface area contributed by atoms with Gasteiger partial charge in [-0.05, 0) is 19.3 Å². The van der Waals surface area contributed by atoms with Gasteiger partial charge >= 0.3 is 0 Å². The average Bonchev–Trinajstić information content (AvgIpc) is 2.96. The molecule has 2 aliphatic heterocycles. The van der Waals surface area contributed by atoms with Crippen LogP contribution in [0.25, 0.3) is 0 Å². The number of likely N-dealkylation sites (tertiary alicyclic amines) is 1. The van der Waals surface area contributed by atoms with Crippen LogP contribution >= 0.6 is 11.3 Å². The molecule has 2 unspecified atom stereocenters. The van der Waals surface area contributed by atoms with Crippen molar-refractivity contribution in [3.8, 4) is 5.19 Å². The molecule has 0 aromatic carbocycles. The van der Waals surface area contributed by atoms with Crippen molar-refractivity contribution in [2.75, 3.05) is 19.6 Å². The van der Waals surface area contributed by atoms with E-state index in [0.717, 1.165) is 49.4 Å². The Balaban J connectivity index is 1.36. The molecule has 5 nitrogen and oxygen atoms in total. The van der Waals surface area contributed by atoms with Crippen LogP contribution in [0, 0.1) is 5.92 Å². The van der Waals surface area contributed by atoms with E-state index in [1.54, 1.807) is 11.3 Å². The Morgan fingerprint density at radius 3 is 2.84 bits per heavy atom. The number of rotatable bonds is 4. The van der Waals surface area contributed by atoms with Crippen molar-refractivity contribution in [1.29, 1.82) is 0 Å². The van der Waals surface area contributed by atoms with Gasteiger partial charge in [0.2, 0.25) is 5.91 Å². The second-order valence-corrected chi connectivity index (χ2v) is 8.82. The lowest BCUT2D eigenvalue weighted by atomic mass is 9.87. The molecule has 0 spiro atoms. The molecule has 1 aromatic heterocycles. The Hall–Kier alpha value is -1.14. The van der Waals surface area contributed by atoms with Gasteiger partial charge in [-0.25, -0.2) is 4.98 Å². The quantitative estimate of drug-likeness (QED) is 0.825. The molecule has 25 heavy (non-hydrogen) atoms. The van der Waals surface area contributed by atoms with Crippen LogP contribution in [0.1, 0.15) is 56.5 Å². The molecule has 6 heteroatoms. The summed E-state index contributed by atoms with van der Waals surface area (Å²) < 4.78 is 6.30. The molecule has 1 saturated carbocycles. The van der Waals surface area contributed by atoms with Crippen molar-refractivity contribution >= 4 is 17.2 Å². The van der Waals surface area contributed by atoms with Gasteiger partial charge in [-0.2, -0.15) is 0 Å².